The van der Waals surface area contributed by atoms with E-state index in [1.165, 1.54) is 41.3 Å². The fourth-order valence-electron chi connectivity index (χ4n) is 3.25. The van der Waals surface area contributed by atoms with Gasteiger partial charge in [0.25, 0.3) is 0 Å². The molecule has 21 heavy (non-hydrogen) atoms. The van der Waals surface area contributed by atoms with E-state index >= 15 is 0 Å². The molecule has 0 amide bonds. The van der Waals surface area contributed by atoms with E-state index in [2.05, 4.69) is 16.9 Å². The van der Waals surface area contributed by atoms with Crippen LogP contribution < -0.4 is 15.1 Å². The van der Waals surface area contributed by atoms with Crippen molar-refractivity contribution in [1.29, 1.82) is 0 Å². The van der Waals surface area contributed by atoms with Crippen molar-refractivity contribution in [2.45, 2.75) is 39.0 Å². The molecule has 0 bridgehead atoms. The lowest BCUT2D eigenvalue weighted by Gasteiger charge is -2.22. The van der Waals surface area contributed by atoms with Crippen LogP contribution in [0.25, 0.3) is 12.5 Å². The topological polar surface area (TPSA) is 33.6 Å². The average Bonchev–Trinajstić information content (AvgIpc) is 3.05. The van der Waals surface area contributed by atoms with E-state index in [0.29, 0.717) is 5.92 Å². The lowest BCUT2D eigenvalue weighted by atomic mass is 9.99. The minimum Gasteiger partial charge on any atom is -0.477 e. The molecule has 1 aromatic rings. The lowest BCUT2D eigenvalue weighted by molar-refractivity contribution is 0.183. The predicted octanol–water partition coefficient (Wildman–Crippen LogP) is 1.82. The van der Waals surface area contributed by atoms with Crippen LogP contribution in [0.1, 0.15) is 36.6 Å². The Morgan fingerprint density at radius 3 is 3.00 bits per heavy atom. The second kappa shape index (κ2) is 6.75. The molecule has 1 fully saturated rings. The summed E-state index contributed by atoms with van der Waals surface area (Å²) in [6.45, 7) is 9.15. The molecule has 114 valence electrons. The molecule has 3 rings (SSSR count). The highest BCUT2D eigenvalue weighted by atomic mass is 32.1. The number of fused-ring (bicyclic) bond motifs is 1. The summed E-state index contributed by atoms with van der Waals surface area (Å²) in [4.78, 5) is 6.00. The van der Waals surface area contributed by atoms with Crippen molar-refractivity contribution in [2.75, 3.05) is 19.7 Å². The van der Waals surface area contributed by atoms with Crippen LogP contribution in [0.15, 0.2) is 4.99 Å². The van der Waals surface area contributed by atoms with E-state index in [0.717, 1.165) is 36.5 Å². The summed E-state index contributed by atoms with van der Waals surface area (Å²) in [5.74, 6) is 1.44. The molecule has 0 atom stereocenters. The highest BCUT2D eigenvalue weighted by molar-refractivity contribution is 7.10. The molecule has 4 heteroatoms. The number of thiophene rings is 1. The monoisotopic (exact) mass is 304 g/mol. The number of aryl methyl sites for hydroxylation is 1. The molecule has 1 saturated heterocycles. The maximum atomic E-state index is 6.13. The Labute approximate surface area is 130 Å². The van der Waals surface area contributed by atoms with Crippen LogP contribution >= 0.6 is 11.3 Å². The minimum absolute atomic E-state index is 0.647. The highest BCUT2D eigenvalue weighted by Gasteiger charge is 2.19. The van der Waals surface area contributed by atoms with E-state index in [4.69, 9.17) is 4.74 Å². The molecule has 1 aliphatic carbocycles. The SMILES string of the molecule is C=c1sc2c(/c1=C(/N=C\C)OCC1CCNCC1)CCC2. The van der Waals surface area contributed by atoms with E-state index in [-0.39, 0.29) is 0 Å². The predicted molar refractivity (Wildman–Crippen MR) is 90.2 cm³/mol. The van der Waals surface area contributed by atoms with Crippen molar-refractivity contribution in [2.24, 2.45) is 10.9 Å². The first-order valence-electron chi connectivity index (χ1n) is 7.95. The van der Waals surface area contributed by atoms with Crippen LogP contribution in [0.2, 0.25) is 0 Å². The van der Waals surface area contributed by atoms with Crippen molar-refractivity contribution >= 4 is 30.0 Å². The lowest BCUT2D eigenvalue weighted by Crippen LogP contribution is -2.31. The normalized spacial score (nSPS) is 20.8. The highest BCUT2D eigenvalue weighted by Crippen LogP contribution is 2.22. The molecule has 3 nitrogen and oxygen atoms in total. The molecule has 2 aliphatic rings. The van der Waals surface area contributed by atoms with Crippen LogP contribution in [0, 0.1) is 5.92 Å². The van der Waals surface area contributed by atoms with Gasteiger partial charge < -0.3 is 10.1 Å². The van der Waals surface area contributed by atoms with Crippen molar-refractivity contribution in [3.8, 4) is 0 Å². The van der Waals surface area contributed by atoms with Crippen LogP contribution in [0.5, 0.6) is 0 Å². The molecular formula is C17H24N2OS. The Bertz CT molecular complexity index is 626. The van der Waals surface area contributed by atoms with Crippen molar-refractivity contribution in [1.82, 2.24) is 5.32 Å². The van der Waals surface area contributed by atoms with Gasteiger partial charge in [0, 0.05) is 15.6 Å². The van der Waals surface area contributed by atoms with Crippen molar-refractivity contribution in [3.63, 3.8) is 0 Å². The molecule has 1 N–H and O–H groups in total. The Morgan fingerprint density at radius 2 is 2.24 bits per heavy atom. The number of ether oxygens (including phenoxy) is 1. The fourth-order valence-corrected chi connectivity index (χ4v) is 4.43. The largest absolute Gasteiger partial charge is 0.477 e. The number of rotatable bonds is 4. The average molecular weight is 304 g/mol. The third-order valence-corrected chi connectivity index (χ3v) is 5.52. The van der Waals surface area contributed by atoms with Gasteiger partial charge in [0.05, 0.1) is 11.8 Å². The maximum absolute atomic E-state index is 6.13. The molecule has 0 saturated carbocycles. The molecule has 0 unspecified atom stereocenters. The third kappa shape index (κ3) is 3.22. The first kappa shape index (κ1) is 14.8. The quantitative estimate of drug-likeness (QED) is 0.861. The van der Waals surface area contributed by atoms with Crippen LogP contribution in [0.3, 0.4) is 0 Å². The van der Waals surface area contributed by atoms with Gasteiger partial charge >= 0.3 is 0 Å². The van der Waals surface area contributed by atoms with Crippen molar-refractivity contribution in [3.05, 3.63) is 20.2 Å². The zero-order valence-electron chi connectivity index (χ0n) is 12.8. The second-order valence-corrected chi connectivity index (χ2v) is 7.04. The molecule has 0 spiro atoms. The Hall–Kier alpha value is -1.13. The van der Waals surface area contributed by atoms with Gasteiger partial charge in [-0.1, -0.05) is 6.58 Å². The summed E-state index contributed by atoms with van der Waals surface area (Å²) >= 11 is 1.82. The van der Waals surface area contributed by atoms with Gasteiger partial charge in [-0.25, -0.2) is 4.99 Å². The Morgan fingerprint density at radius 1 is 1.43 bits per heavy atom. The van der Waals surface area contributed by atoms with E-state index in [1.54, 1.807) is 0 Å². The van der Waals surface area contributed by atoms with Crippen LogP contribution in [-0.2, 0) is 17.6 Å². The molecule has 0 radical (unpaired) electrons. The van der Waals surface area contributed by atoms with Gasteiger partial charge in [-0.15, -0.1) is 11.3 Å². The number of nitrogens with one attached hydrogen (secondary N) is 1. The van der Waals surface area contributed by atoms with Crippen molar-refractivity contribution < 1.29 is 4.74 Å². The van der Waals surface area contributed by atoms with Crippen LogP contribution in [0.4, 0.5) is 0 Å². The smallest absolute Gasteiger partial charge is 0.222 e. The molecule has 0 aromatic carbocycles. The van der Waals surface area contributed by atoms with Crippen LogP contribution in [-0.4, -0.2) is 25.9 Å². The number of hydrogen-bond donors (Lipinski definition) is 1. The van der Waals surface area contributed by atoms with Gasteiger partial charge in [0.2, 0.25) is 5.88 Å². The summed E-state index contributed by atoms with van der Waals surface area (Å²) in [5.41, 5.74) is 1.44. The summed E-state index contributed by atoms with van der Waals surface area (Å²) in [5, 5.41) is 4.58. The minimum atomic E-state index is 0.647. The zero-order chi connectivity index (χ0) is 14.7. The summed E-state index contributed by atoms with van der Waals surface area (Å²) in [7, 11) is 0. The number of piperidine rings is 1. The first-order chi connectivity index (χ1) is 10.3. The van der Waals surface area contributed by atoms with Gasteiger partial charge in [-0.05, 0) is 63.6 Å². The third-order valence-electron chi connectivity index (χ3n) is 4.37. The summed E-state index contributed by atoms with van der Waals surface area (Å²) in [6.07, 6.45) is 7.82. The van der Waals surface area contributed by atoms with E-state index < -0.39 is 0 Å². The number of aliphatic imine (C=N–C) groups is 1. The van der Waals surface area contributed by atoms with Gasteiger partial charge in [-0.2, -0.15) is 0 Å². The molecule has 1 aromatic heterocycles. The van der Waals surface area contributed by atoms with Gasteiger partial charge in [0.15, 0.2) is 0 Å². The summed E-state index contributed by atoms with van der Waals surface area (Å²) < 4.78 is 7.25. The molecule has 1 aliphatic heterocycles. The second-order valence-electron chi connectivity index (χ2n) is 5.85. The maximum Gasteiger partial charge on any atom is 0.222 e. The summed E-state index contributed by atoms with van der Waals surface area (Å²) in [6, 6.07) is 0. The van der Waals surface area contributed by atoms with E-state index in [1.807, 2.05) is 24.5 Å². The number of nitrogens with zero attached hydrogens (tertiary/aromatic N) is 1. The Balaban J connectivity index is 1.87. The molecule has 2 heterocycles. The van der Waals surface area contributed by atoms with E-state index in [9.17, 15) is 0 Å². The van der Waals surface area contributed by atoms with Gasteiger partial charge in [-0.3, -0.25) is 0 Å². The molecular weight excluding hydrogens is 280 g/mol. The Kier molecular flexibility index (Phi) is 4.76. The number of hydrogen-bond acceptors (Lipinski definition) is 4. The first-order valence-corrected chi connectivity index (χ1v) is 8.77. The zero-order valence-corrected chi connectivity index (χ0v) is 13.6. The fraction of sp³-hybridized carbons (Fsp3) is 0.588. The standard InChI is InChI=1S/C17H24N2OS/c1-3-19-17(20-11-13-7-9-18-10-8-13)16-12(2)21-15-6-4-5-14(15)16/h3,13,18H,2,4-11H2,1H3/b17-16-,19-3-. The van der Waals surface area contributed by atoms with Gasteiger partial charge in [0.1, 0.15) is 0 Å².